The lowest BCUT2D eigenvalue weighted by molar-refractivity contribution is 0.215. The van der Waals surface area contributed by atoms with E-state index in [2.05, 4.69) is 11.4 Å². The van der Waals surface area contributed by atoms with Crippen molar-refractivity contribution in [3.05, 3.63) is 102 Å². The van der Waals surface area contributed by atoms with E-state index in [-0.39, 0.29) is 0 Å². The van der Waals surface area contributed by atoms with Gasteiger partial charge in [0.1, 0.15) is 11.5 Å². The number of carbonyl (C=O) groups is 1. The molecule has 5 heteroatoms. The highest BCUT2D eigenvalue weighted by atomic mass is 16.6. The fourth-order valence-electron chi connectivity index (χ4n) is 3.48. The Kier molecular flexibility index (Phi) is 6.38. The van der Waals surface area contributed by atoms with Gasteiger partial charge in [0.25, 0.3) is 0 Å². The van der Waals surface area contributed by atoms with Crippen LogP contribution in [0.4, 0.5) is 10.5 Å². The van der Waals surface area contributed by atoms with Gasteiger partial charge in [-0.05, 0) is 83.3 Å². The number of benzene rings is 4. The summed E-state index contributed by atoms with van der Waals surface area (Å²) in [6.45, 7) is 1.99. The fraction of sp³-hybridized carbons (Fsp3) is 0.0714. The van der Waals surface area contributed by atoms with Crippen LogP contribution < -0.4 is 14.8 Å². The highest BCUT2D eigenvalue weighted by Gasteiger charge is 2.09. The second-order valence-electron chi connectivity index (χ2n) is 7.49. The number of nitriles is 1. The SMILES string of the molecule is COc1ccc(-c2ccc(NC(=O)Oc3ccc(C)c(-c4ccc(C#N)cc4)c3)cc2)cc1. The van der Waals surface area contributed by atoms with Crippen molar-refractivity contribution in [1.82, 2.24) is 0 Å². The van der Waals surface area contributed by atoms with E-state index in [0.29, 0.717) is 17.0 Å². The number of nitrogens with zero attached hydrogens (tertiary/aromatic N) is 1. The molecule has 0 aliphatic carbocycles. The van der Waals surface area contributed by atoms with Crippen LogP contribution in [0.15, 0.2) is 91.0 Å². The summed E-state index contributed by atoms with van der Waals surface area (Å²) in [6.07, 6.45) is -0.568. The van der Waals surface area contributed by atoms with Crippen LogP contribution in [0, 0.1) is 18.3 Å². The highest BCUT2D eigenvalue weighted by Crippen LogP contribution is 2.28. The van der Waals surface area contributed by atoms with Crippen LogP contribution in [0.3, 0.4) is 0 Å². The lowest BCUT2D eigenvalue weighted by atomic mass is 9.99. The number of rotatable bonds is 5. The quantitative estimate of drug-likeness (QED) is 0.374. The van der Waals surface area contributed by atoms with Gasteiger partial charge in [0.15, 0.2) is 0 Å². The predicted molar refractivity (Wildman–Crippen MR) is 129 cm³/mol. The maximum absolute atomic E-state index is 12.4. The second-order valence-corrected chi connectivity index (χ2v) is 7.49. The van der Waals surface area contributed by atoms with Crippen LogP contribution in [0.1, 0.15) is 11.1 Å². The van der Waals surface area contributed by atoms with E-state index in [9.17, 15) is 4.79 Å². The Morgan fingerprint density at radius 3 is 1.97 bits per heavy atom. The molecule has 0 atom stereocenters. The zero-order valence-electron chi connectivity index (χ0n) is 18.3. The number of hydrogen-bond donors (Lipinski definition) is 1. The molecule has 0 radical (unpaired) electrons. The van der Waals surface area contributed by atoms with Gasteiger partial charge >= 0.3 is 6.09 Å². The summed E-state index contributed by atoms with van der Waals surface area (Å²) in [5.74, 6) is 1.24. The van der Waals surface area contributed by atoms with E-state index in [1.54, 1.807) is 25.3 Å². The molecule has 0 spiro atoms. The summed E-state index contributed by atoms with van der Waals surface area (Å²) in [6, 6.07) is 30.2. The number of anilines is 1. The minimum Gasteiger partial charge on any atom is -0.497 e. The molecule has 0 saturated carbocycles. The van der Waals surface area contributed by atoms with Crippen molar-refractivity contribution in [3.8, 4) is 39.8 Å². The van der Waals surface area contributed by atoms with Gasteiger partial charge in [-0.2, -0.15) is 5.26 Å². The molecular formula is C28H22N2O3. The predicted octanol–water partition coefficient (Wildman–Crippen LogP) is 6.82. The molecule has 162 valence electrons. The van der Waals surface area contributed by atoms with Crippen molar-refractivity contribution in [2.75, 3.05) is 12.4 Å². The van der Waals surface area contributed by atoms with Gasteiger partial charge in [0.2, 0.25) is 0 Å². The molecule has 0 heterocycles. The summed E-state index contributed by atoms with van der Waals surface area (Å²) < 4.78 is 10.7. The van der Waals surface area contributed by atoms with Crippen molar-refractivity contribution in [1.29, 1.82) is 5.26 Å². The smallest absolute Gasteiger partial charge is 0.417 e. The normalized spacial score (nSPS) is 10.2. The number of aryl methyl sites for hydroxylation is 1. The first kappa shape index (κ1) is 21.7. The van der Waals surface area contributed by atoms with Crippen molar-refractivity contribution in [3.63, 3.8) is 0 Å². The standard InChI is InChI=1S/C28H22N2O3/c1-19-3-14-26(17-27(19)23-6-4-20(18-29)5-7-23)33-28(31)30-24-12-8-21(9-13-24)22-10-15-25(32-2)16-11-22/h3-17H,1-2H3,(H,30,31). The molecule has 0 fully saturated rings. The third-order valence-electron chi connectivity index (χ3n) is 5.30. The van der Waals surface area contributed by atoms with Crippen LogP contribution in [-0.4, -0.2) is 13.2 Å². The van der Waals surface area contributed by atoms with Crippen LogP contribution in [0.25, 0.3) is 22.3 Å². The number of hydrogen-bond acceptors (Lipinski definition) is 4. The highest BCUT2D eigenvalue weighted by molar-refractivity contribution is 5.87. The first-order valence-electron chi connectivity index (χ1n) is 10.4. The van der Waals surface area contributed by atoms with E-state index in [1.165, 1.54) is 0 Å². The lowest BCUT2D eigenvalue weighted by Crippen LogP contribution is -2.16. The van der Waals surface area contributed by atoms with Crippen molar-refractivity contribution in [2.24, 2.45) is 0 Å². The summed E-state index contributed by atoms with van der Waals surface area (Å²) in [7, 11) is 1.64. The van der Waals surface area contributed by atoms with Crippen LogP contribution in [0.2, 0.25) is 0 Å². The number of nitrogens with one attached hydrogen (secondary N) is 1. The second kappa shape index (κ2) is 9.71. The third kappa shape index (κ3) is 5.20. The van der Waals surface area contributed by atoms with Crippen molar-refractivity contribution >= 4 is 11.8 Å². The number of methoxy groups -OCH3 is 1. The zero-order chi connectivity index (χ0) is 23.2. The summed E-state index contributed by atoms with van der Waals surface area (Å²) in [5, 5.41) is 11.8. The van der Waals surface area contributed by atoms with Crippen LogP contribution >= 0.6 is 0 Å². The molecule has 5 nitrogen and oxygen atoms in total. The maximum Gasteiger partial charge on any atom is 0.417 e. The molecule has 1 N–H and O–H groups in total. The molecular weight excluding hydrogens is 412 g/mol. The van der Waals surface area contributed by atoms with Gasteiger partial charge in [0.05, 0.1) is 18.7 Å². The van der Waals surface area contributed by atoms with Crippen molar-refractivity contribution in [2.45, 2.75) is 6.92 Å². The molecule has 4 rings (SSSR count). The average Bonchev–Trinajstić information content (AvgIpc) is 2.86. The van der Waals surface area contributed by atoms with Gasteiger partial charge in [-0.15, -0.1) is 0 Å². The van der Waals surface area contributed by atoms with Crippen LogP contribution in [-0.2, 0) is 0 Å². The number of amides is 1. The first-order valence-corrected chi connectivity index (χ1v) is 10.4. The Labute approximate surface area is 192 Å². The Hall–Kier alpha value is -4.56. The minimum atomic E-state index is -0.568. The van der Waals surface area contributed by atoms with Crippen molar-refractivity contribution < 1.29 is 14.3 Å². The summed E-state index contributed by atoms with van der Waals surface area (Å²) in [5.41, 5.74) is 6.25. The number of ether oxygens (including phenoxy) is 2. The molecule has 0 saturated heterocycles. The Bertz CT molecular complexity index is 1300. The van der Waals surface area contributed by atoms with E-state index in [0.717, 1.165) is 33.6 Å². The molecule has 0 unspecified atom stereocenters. The monoisotopic (exact) mass is 434 g/mol. The molecule has 0 aliphatic rings. The fourth-order valence-corrected chi connectivity index (χ4v) is 3.48. The molecule has 4 aromatic rings. The maximum atomic E-state index is 12.4. The van der Waals surface area contributed by atoms with E-state index in [1.807, 2.05) is 79.7 Å². The topological polar surface area (TPSA) is 71.3 Å². The first-order chi connectivity index (χ1) is 16.1. The van der Waals surface area contributed by atoms with Gasteiger partial charge in [-0.1, -0.05) is 42.5 Å². The largest absolute Gasteiger partial charge is 0.497 e. The van der Waals surface area contributed by atoms with Gasteiger partial charge in [0, 0.05) is 5.69 Å². The van der Waals surface area contributed by atoms with Gasteiger partial charge < -0.3 is 9.47 Å². The Morgan fingerprint density at radius 2 is 1.36 bits per heavy atom. The number of carbonyl (C=O) groups excluding carboxylic acids is 1. The van der Waals surface area contributed by atoms with E-state index >= 15 is 0 Å². The Morgan fingerprint density at radius 1 is 0.788 bits per heavy atom. The molecule has 0 bridgehead atoms. The minimum absolute atomic E-state index is 0.437. The van der Waals surface area contributed by atoms with E-state index < -0.39 is 6.09 Å². The Balaban J connectivity index is 1.43. The average molecular weight is 434 g/mol. The molecule has 33 heavy (non-hydrogen) atoms. The summed E-state index contributed by atoms with van der Waals surface area (Å²) >= 11 is 0. The van der Waals surface area contributed by atoms with Gasteiger partial charge in [-0.3, -0.25) is 5.32 Å². The molecule has 0 aromatic heterocycles. The van der Waals surface area contributed by atoms with Gasteiger partial charge in [-0.25, -0.2) is 4.79 Å². The molecule has 4 aromatic carbocycles. The lowest BCUT2D eigenvalue weighted by Gasteiger charge is -2.11. The third-order valence-corrected chi connectivity index (χ3v) is 5.30. The summed E-state index contributed by atoms with van der Waals surface area (Å²) in [4.78, 5) is 12.4. The zero-order valence-corrected chi connectivity index (χ0v) is 18.3. The molecule has 0 aliphatic heterocycles. The van der Waals surface area contributed by atoms with Crippen LogP contribution in [0.5, 0.6) is 11.5 Å². The van der Waals surface area contributed by atoms with E-state index in [4.69, 9.17) is 14.7 Å². The molecule has 1 amide bonds.